The van der Waals surface area contributed by atoms with Crippen LogP contribution in [0, 0.1) is 4.78 Å². The second-order valence-electron chi connectivity index (χ2n) is 5.20. The Balaban J connectivity index is 2.19. The number of halogens is 1. The zero-order chi connectivity index (χ0) is 17.5. The van der Waals surface area contributed by atoms with Crippen molar-refractivity contribution in [3.8, 4) is 0 Å². The molecule has 0 aliphatic carbocycles. The summed E-state index contributed by atoms with van der Waals surface area (Å²) in [5.41, 5.74) is 6.76. The van der Waals surface area contributed by atoms with Crippen LogP contribution in [-0.4, -0.2) is 29.5 Å². The van der Waals surface area contributed by atoms with Crippen LogP contribution >= 0.6 is 11.6 Å². The molecule has 0 radical (unpaired) electrons. The van der Waals surface area contributed by atoms with Crippen molar-refractivity contribution in [1.82, 2.24) is 19.5 Å². The summed E-state index contributed by atoms with van der Waals surface area (Å²) in [5.74, 6) is 0.0550. The lowest BCUT2D eigenvalue weighted by molar-refractivity contribution is 0.667. The van der Waals surface area contributed by atoms with Gasteiger partial charge in [0.05, 0.1) is 6.54 Å². The summed E-state index contributed by atoms with van der Waals surface area (Å²) in [4.78, 5) is 22.9. The Bertz CT molecular complexity index is 1070. The molecule has 2 heterocycles. The predicted octanol–water partition coefficient (Wildman–Crippen LogP) is 1.83. The first kappa shape index (κ1) is 16.5. The standard InChI is InChI=1S/C14H15ClN6O2S/c1-2-24(17,23)13-19-11(16)10-12(20-13)21(14(22)18-10)7-8-3-5-9(15)6-4-8/h3-6,17H,2,7H2,1H3,(H,18,22)(H2,16,19,20). The molecule has 0 amide bonds. The first-order valence-corrected chi connectivity index (χ1v) is 9.19. The number of hydrogen-bond acceptors (Lipinski definition) is 6. The molecule has 0 aliphatic rings. The van der Waals surface area contributed by atoms with Gasteiger partial charge in [0.1, 0.15) is 15.2 Å². The molecule has 1 atom stereocenters. The van der Waals surface area contributed by atoms with Gasteiger partial charge in [0.25, 0.3) is 0 Å². The highest BCUT2D eigenvalue weighted by molar-refractivity contribution is 7.92. The number of imidazole rings is 1. The highest BCUT2D eigenvalue weighted by Crippen LogP contribution is 2.19. The highest BCUT2D eigenvalue weighted by atomic mass is 35.5. The molecular formula is C14H15ClN6O2S. The molecule has 3 aromatic rings. The number of anilines is 1. The molecule has 0 bridgehead atoms. The number of aromatic nitrogens is 4. The van der Waals surface area contributed by atoms with Crippen LogP contribution in [0.5, 0.6) is 0 Å². The van der Waals surface area contributed by atoms with E-state index in [0.29, 0.717) is 5.02 Å². The van der Waals surface area contributed by atoms with E-state index in [0.717, 1.165) is 5.56 Å². The van der Waals surface area contributed by atoms with E-state index >= 15 is 0 Å². The molecule has 0 aliphatic heterocycles. The molecule has 0 spiro atoms. The minimum absolute atomic E-state index is 0.00428. The maximum Gasteiger partial charge on any atom is 0.328 e. The number of H-pyrrole nitrogens is 1. The third-order valence-corrected chi connectivity index (χ3v) is 5.42. The molecule has 24 heavy (non-hydrogen) atoms. The Morgan fingerprint density at radius 1 is 1.33 bits per heavy atom. The average Bonchev–Trinajstić information content (AvgIpc) is 2.86. The van der Waals surface area contributed by atoms with Crippen LogP contribution in [0.1, 0.15) is 12.5 Å². The van der Waals surface area contributed by atoms with Gasteiger partial charge >= 0.3 is 5.69 Å². The van der Waals surface area contributed by atoms with Crippen molar-refractivity contribution in [1.29, 1.82) is 4.78 Å². The molecule has 4 N–H and O–H groups in total. The third kappa shape index (κ3) is 2.87. The van der Waals surface area contributed by atoms with E-state index in [1.54, 1.807) is 31.2 Å². The maximum atomic E-state index is 12.2. The minimum atomic E-state index is -3.15. The topological polar surface area (TPSA) is 131 Å². The molecule has 8 nitrogen and oxygen atoms in total. The lowest BCUT2D eigenvalue weighted by atomic mass is 10.2. The number of aromatic amines is 1. The Morgan fingerprint density at radius 3 is 2.62 bits per heavy atom. The Labute approximate surface area is 142 Å². The Morgan fingerprint density at radius 2 is 2.00 bits per heavy atom. The fraction of sp³-hybridized carbons (Fsp3) is 0.214. The van der Waals surface area contributed by atoms with Crippen molar-refractivity contribution in [3.63, 3.8) is 0 Å². The van der Waals surface area contributed by atoms with E-state index in [1.165, 1.54) is 4.57 Å². The molecule has 1 unspecified atom stereocenters. The van der Waals surface area contributed by atoms with Gasteiger partial charge < -0.3 is 10.7 Å². The molecule has 0 saturated heterocycles. The monoisotopic (exact) mass is 366 g/mol. The number of nitrogens with zero attached hydrogens (tertiary/aromatic N) is 3. The molecule has 2 aromatic heterocycles. The van der Waals surface area contributed by atoms with E-state index in [4.69, 9.17) is 22.1 Å². The van der Waals surface area contributed by atoms with Crippen LogP contribution in [0.3, 0.4) is 0 Å². The summed E-state index contributed by atoms with van der Waals surface area (Å²) < 4.78 is 21.5. The summed E-state index contributed by atoms with van der Waals surface area (Å²) in [6, 6.07) is 7.02. The van der Waals surface area contributed by atoms with Gasteiger partial charge in [-0.15, -0.1) is 0 Å². The molecule has 0 saturated carbocycles. The smallest absolute Gasteiger partial charge is 0.328 e. The number of benzene rings is 1. The Hall–Kier alpha value is -2.39. The van der Waals surface area contributed by atoms with E-state index in [-0.39, 0.29) is 34.4 Å². The largest absolute Gasteiger partial charge is 0.382 e. The number of nitrogens with one attached hydrogen (secondary N) is 2. The molecule has 1 aromatic carbocycles. The van der Waals surface area contributed by atoms with Gasteiger partial charge in [-0.3, -0.25) is 4.57 Å². The normalized spacial score (nSPS) is 13.9. The van der Waals surface area contributed by atoms with Crippen LogP contribution < -0.4 is 11.4 Å². The summed E-state index contributed by atoms with van der Waals surface area (Å²) in [5, 5.41) is 0.426. The first-order chi connectivity index (χ1) is 11.3. The quantitative estimate of drug-likeness (QED) is 0.606. The van der Waals surface area contributed by atoms with Crippen molar-refractivity contribution in [2.24, 2.45) is 0 Å². The fourth-order valence-corrected chi connectivity index (χ4v) is 3.09. The second kappa shape index (κ2) is 5.91. The van der Waals surface area contributed by atoms with E-state index in [2.05, 4.69) is 15.0 Å². The van der Waals surface area contributed by atoms with Crippen molar-refractivity contribution < 1.29 is 4.21 Å². The molecule has 0 fully saturated rings. The number of fused-ring (bicyclic) bond motifs is 1. The van der Waals surface area contributed by atoms with Crippen molar-refractivity contribution in [2.75, 3.05) is 11.5 Å². The van der Waals surface area contributed by atoms with Crippen LogP contribution in [-0.2, 0) is 16.3 Å². The van der Waals surface area contributed by atoms with Crippen LogP contribution in [0.2, 0.25) is 5.02 Å². The van der Waals surface area contributed by atoms with Gasteiger partial charge in [-0.2, -0.15) is 4.98 Å². The van der Waals surface area contributed by atoms with E-state index in [9.17, 15) is 9.00 Å². The molecular weight excluding hydrogens is 352 g/mol. The number of rotatable bonds is 4. The first-order valence-electron chi connectivity index (χ1n) is 7.09. The molecule has 10 heteroatoms. The third-order valence-electron chi connectivity index (χ3n) is 3.59. The molecule has 3 rings (SSSR count). The lowest BCUT2D eigenvalue weighted by Gasteiger charge is -2.07. The second-order valence-corrected chi connectivity index (χ2v) is 7.93. The summed E-state index contributed by atoms with van der Waals surface area (Å²) in [6.07, 6.45) is 0. The van der Waals surface area contributed by atoms with Crippen molar-refractivity contribution >= 4 is 38.3 Å². The maximum absolute atomic E-state index is 12.2. The number of nitrogens with two attached hydrogens (primary N) is 1. The lowest BCUT2D eigenvalue weighted by Crippen LogP contribution is -2.18. The van der Waals surface area contributed by atoms with Crippen molar-refractivity contribution in [3.05, 3.63) is 45.3 Å². The average molecular weight is 367 g/mol. The van der Waals surface area contributed by atoms with Gasteiger partial charge in [0.2, 0.25) is 5.16 Å². The van der Waals surface area contributed by atoms with E-state index < -0.39 is 15.4 Å². The van der Waals surface area contributed by atoms with Gasteiger partial charge in [-0.1, -0.05) is 30.7 Å². The summed E-state index contributed by atoms with van der Waals surface area (Å²) in [6.45, 7) is 1.84. The highest BCUT2D eigenvalue weighted by Gasteiger charge is 2.18. The zero-order valence-corrected chi connectivity index (χ0v) is 14.3. The SMILES string of the molecule is CCS(=N)(=O)c1nc(N)c2[nH]c(=O)n(Cc3ccc(Cl)cc3)c2n1. The van der Waals surface area contributed by atoms with Crippen LogP contribution in [0.15, 0.2) is 34.2 Å². The van der Waals surface area contributed by atoms with E-state index in [1.807, 2.05) is 0 Å². The molecule has 126 valence electrons. The summed E-state index contributed by atoms with van der Waals surface area (Å²) >= 11 is 5.86. The van der Waals surface area contributed by atoms with Gasteiger partial charge in [-0.25, -0.2) is 18.8 Å². The van der Waals surface area contributed by atoms with Gasteiger partial charge in [0, 0.05) is 10.8 Å². The number of nitrogen functional groups attached to an aromatic ring is 1. The fourth-order valence-electron chi connectivity index (χ4n) is 2.23. The van der Waals surface area contributed by atoms with Gasteiger partial charge in [-0.05, 0) is 17.7 Å². The summed E-state index contributed by atoms with van der Waals surface area (Å²) in [7, 11) is -3.15. The van der Waals surface area contributed by atoms with Crippen molar-refractivity contribution in [2.45, 2.75) is 18.6 Å². The van der Waals surface area contributed by atoms with Crippen LogP contribution in [0.25, 0.3) is 11.2 Å². The van der Waals surface area contributed by atoms with Crippen LogP contribution in [0.4, 0.5) is 5.82 Å². The predicted molar refractivity (Wildman–Crippen MR) is 92.8 cm³/mol. The van der Waals surface area contributed by atoms with Gasteiger partial charge in [0.15, 0.2) is 11.5 Å². The zero-order valence-electron chi connectivity index (χ0n) is 12.7. The number of hydrogen-bond donors (Lipinski definition) is 3. The minimum Gasteiger partial charge on any atom is -0.382 e. The Kier molecular flexibility index (Phi) is 4.06.